The molecule has 1 atom stereocenters. The van der Waals surface area contributed by atoms with Crippen LogP contribution in [0, 0.1) is 76.9 Å². The summed E-state index contributed by atoms with van der Waals surface area (Å²) in [6, 6.07) is 0.576. The van der Waals surface area contributed by atoms with Crippen molar-refractivity contribution in [3.05, 3.63) is 0 Å². The summed E-state index contributed by atoms with van der Waals surface area (Å²) in [5.74, 6) is 6.01. The molecule has 0 bridgehead atoms. The standard InChI is InChI=1S/C11H26NOP.C8H21N2O2P.C8H20NO2P.2C8H19O2P.3C8H18O2S.C4H11O2P/c1-9(2)7-14(13,8-10(3)4)12-11(5)6;1-7(2)9(5)13(11,12)10(6)8(3)4;1-7(2)6-12(10,11)9(5)8(3)4;5*1-7(2)5-11(9,10)6-8(3)4;1-3-7(5,6)4-2/h9-11H,7-8H2,1-6H3,(H,12,13);7-8H,1-6H3,(H,11,12);7-8H,6H2,1-5H3,(H,10,11);2*7-8H,5-6H2,1-4H3,(H,9,10);3*7-8H,5-6H2,1-4H3;3-4H2,1-2H3,(H,5,6). The normalized spacial score (nSPS) is 13.5. The Hall–Kier alpha value is 0.870. The van der Waals surface area contributed by atoms with Crippen LogP contribution >= 0.6 is 44.6 Å². The zero-order chi connectivity index (χ0) is 83.4. The number of hydrogen-bond donors (Lipinski definition) is 6. The summed E-state index contributed by atoms with van der Waals surface area (Å²) in [5, 5.41) is 3.27. The third-order valence-corrected chi connectivity index (χ3v) is 36.2. The highest BCUT2D eigenvalue weighted by molar-refractivity contribution is 7.91. The lowest BCUT2D eigenvalue weighted by Crippen LogP contribution is -2.34. The molecule has 0 aromatic carbocycles. The maximum absolute atomic E-state index is 12.5. The van der Waals surface area contributed by atoms with Crippen molar-refractivity contribution in [3.63, 3.8) is 0 Å². The van der Waals surface area contributed by atoms with E-state index < -0.39 is 74.1 Å². The molecule has 624 valence electrons. The van der Waals surface area contributed by atoms with Crippen molar-refractivity contribution >= 4 is 74.1 Å². The van der Waals surface area contributed by atoms with Crippen LogP contribution in [-0.4, -0.2) is 199 Å². The molecule has 6 N–H and O–H groups in total. The monoisotopic (exact) mass is 1630 g/mol. The van der Waals surface area contributed by atoms with E-state index in [1.807, 2.05) is 194 Å². The fraction of sp³-hybridized carbons (Fsp3) is 1.00. The van der Waals surface area contributed by atoms with Gasteiger partial charge in [-0.15, -0.1) is 0 Å². The van der Waals surface area contributed by atoms with Crippen molar-refractivity contribution in [1.29, 1.82) is 0 Å². The first-order chi connectivity index (χ1) is 44.5. The van der Waals surface area contributed by atoms with Crippen LogP contribution in [0.15, 0.2) is 0 Å². The summed E-state index contributed by atoms with van der Waals surface area (Å²) in [7, 11) is -20.1. The molecule has 0 rings (SSSR count). The summed E-state index contributed by atoms with van der Waals surface area (Å²) in [6.07, 6.45) is 4.69. The van der Waals surface area contributed by atoms with Gasteiger partial charge < -0.3 is 29.0 Å². The van der Waals surface area contributed by atoms with Crippen LogP contribution in [0.1, 0.15) is 249 Å². The first-order valence-corrected chi connectivity index (χ1v) is 54.2. The topological polar surface area (TPSA) is 328 Å². The summed E-state index contributed by atoms with van der Waals surface area (Å²) in [4.78, 5) is 46.9. The van der Waals surface area contributed by atoms with Crippen LogP contribution in [0.2, 0.25) is 0 Å². The van der Waals surface area contributed by atoms with E-state index in [0.717, 1.165) is 12.3 Å². The van der Waals surface area contributed by atoms with Crippen LogP contribution in [0.4, 0.5) is 0 Å². The fourth-order valence-electron chi connectivity index (χ4n) is 9.53. The van der Waals surface area contributed by atoms with Crippen molar-refractivity contribution in [1.82, 2.24) is 19.1 Å². The summed E-state index contributed by atoms with van der Waals surface area (Å²) < 4.78 is 141. The molecular formula is C71H170N4O17P6S3. The van der Waals surface area contributed by atoms with E-state index in [9.17, 15) is 72.2 Å². The van der Waals surface area contributed by atoms with Crippen LogP contribution < -0.4 is 5.09 Å². The van der Waals surface area contributed by atoms with Crippen molar-refractivity contribution in [2.45, 2.75) is 273 Å². The van der Waals surface area contributed by atoms with Crippen LogP contribution in [0.5, 0.6) is 0 Å². The molecule has 0 spiro atoms. The van der Waals surface area contributed by atoms with Gasteiger partial charge in [0.2, 0.25) is 14.7 Å². The van der Waals surface area contributed by atoms with Gasteiger partial charge in [-0.3, -0.25) is 27.9 Å². The third-order valence-electron chi connectivity index (χ3n) is 13.1. The lowest BCUT2D eigenvalue weighted by Gasteiger charge is -2.34. The predicted molar refractivity (Wildman–Crippen MR) is 448 cm³/mol. The molecule has 0 fully saturated rings. The Morgan fingerprint density at radius 2 is 0.455 bits per heavy atom. The van der Waals surface area contributed by atoms with Gasteiger partial charge in [0.1, 0.15) is 7.29 Å². The molecule has 30 heteroatoms. The van der Waals surface area contributed by atoms with Gasteiger partial charge >= 0.3 is 7.67 Å². The van der Waals surface area contributed by atoms with Gasteiger partial charge in [0, 0.05) is 79.6 Å². The molecule has 0 saturated carbocycles. The third kappa shape index (κ3) is 86.3. The van der Waals surface area contributed by atoms with Crippen molar-refractivity contribution in [3.8, 4) is 0 Å². The molecule has 0 heterocycles. The summed E-state index contributed by atoms with van der Waals surface area (Å²) in [6.45, 7) is 70.4. The Bertz CT molecular complexity index is 2420. The van der Waals surface area contributed by atoms with Crippen LogP contribution in [-0.2, 0) is 56.9 Å². The number of rotatable bonds is 36. The minimum Gasteiger partial charge on any atom is -0.344 e. The van der Waals surface area contributed by atoms with Crippen LogP contribution in [0.25, 0.3) is 0 Å². The number of nitrogens with zero attached hydrogens (tertiary/aromatic N) is 3. The van der Waals surface area contributed by atoms with Gasteiger partial charge in [0.15, 0.2) is 36.9 Å². The summed E-state index contributed by atoms with van der Waals surface area (Å²) >= 11 is 0. The van der Waals surface area contributed by atoms with E-state index in [0.29, 0.717) is 119 Å². The minimum absolute atomic E-state index is 0.0667. The fourth-order valence-corrected chi connectivity index (χ4v) is 28.6. The summed E-state index contributed by atoms with van der Waals surface area (Å²) in [5.41, 5.74) is 0. The Kier molecular flexibility index (Phi) is 69.9. The van der Waals surface area contributed by atoms with Crippen LogP contribution in [0.3, 0.4) is 0 Å². The highest BCUT2D eigenvalue weighted by Crippen LogP contribution is 2.50. The molecule has 0 saturated heterocycles. The van der Waals surface area contributed by atoms with Gasteiger partial charge in [-0.2, -0.15) is 0 Å². The zero-order valence-electron chi connectivity index (χ0n) is 72.3. The average molecular weight is 1630 g/mol. The second-order valence-corrected chi connectivity index (χ2v) is 55.8. The average Bonchev–Trinajstić information content (AvgIpc) is 0.835. The van der Waals surface area contributed by atoms with E-state index in [2.05, 4.69) is 46.6 Å². The second-order valence-electron chi connectivity index (χ2n) is 34.2. The van der Waals surface area contributed by atoms with Gasteiger partial charge in [0.05, 0.1) is 34.5 Å². The van der Waals surface area contributed by atoms with Crippen molar-refractivity contribution < 1.29 is 77.1 Å². The van der Waals surface area contributed by atoms with Gasteiger partial charge in [-0.05, 0) is 153 Å². The Morgan fingerprint density at radius 3 is 0.574 bits per heavy atom. The Balaban J connectivity index is -0.000000135. The Morgan fingerprint density at radius 1 is 0.277 bits per heavy atom. The van der Waals surface area contributed by atoms with E-state index in [1.165, 1.54) is 9.34 Å². The highest BCUT2D eigenvalue weighted by Gasteiger charge is 2.34. The second kappa shape index (κ2) is 58.7. The largest absolute Gasteiger partial charge is 0.344 e. The van der Waals surface area contributed by atoms with Crippen molar-refractivity contribution in [2.24, 2.45) is 76.9 Å². The zero-order valence-corrected chi connectivity index (χ0v) is 80.1. The number of nitrogens with one attached hydrogen (secondary N) is 1. The molecule has 0 aliphatic carbocycles. The molecule has 0 amide bonds. The maximum atomic E-state index is 12.5. The Labute approximate surface area is 627 Å². The van der Waals surface area contributed by atoms with Gasteiger partial charge in [-0.1, -0.05) is 194 Å². The SMILES string of the molecule is CC(C)CP(=O)(CC(C)C)NC(C)C.CC(C)CP(=O)(O)CC(C)C.CC(C)CP(=O)(O)CC(C)C.CC(C)CP(=O)(O)N(C)C(C)C.CC(C)CS(=O)(=O)CC(C)C.CC(C)CS(=O)(=O)CC(C)C.CC(C)CS(=O)(=O)CC(C)C.CC(C)N(C)P(=O)(O)N(C)C(C)C.CCP(=O)(O)CC. The molecule has 0 radical (unpaired) electrons. The van der Waals surface area contributed by atoms with Gasteiger partial charge in [0.25, 0.3) is 7.52 Å². The highest BCUT2D eigenvalue weighted by atomic mass is 32.2. The van der Waals surface area contributed by atoms with Gasteiger partial charge in [-0.25, -0.2) is 39.3 Å². The lowest BCUT2D eigenvalue weighted by atomic mass is 10.3. The van der Waals surface area contributed by atoms with E-state index in [4.69, 9.17) is 4.89 Å². The smallest absolute Gasteiger partial charge is 0.343 e. The van der Waals surface area contributed by atoms with E-state index in [1.54, 1.807) is 39.7 Å². The quantitative estimate of drug-likeness (QED) is 0.0317. The molecule has 0 aromatic rings. The van der Waals surface area contributed by atoms with E-state index >= 15 is 0 Å². The number of hydrogen-bond acceptors (Lipinski definition) is 12. The maximum Gasteiger partial charge on any atom is 0.343 e. The van der Waals surface area contributed by atoms with E-state index in [-0.39, 0.29) is 59.6 Å². The molecule has 0 aromatic heterocycles. The minimum atomic E-state index is -3.32. The molecular weight excluding hydrogens is 1460 g/mol. The molecule has 101 heavy (non-hydrogen) atoms. The molecule has 21 nitrogen and oxygen atoms in total. The molecule has 0 aliphatic heterocycles. The number of sulfone groups is 3. The van der Waals surface area contributed by atoms with Crippen molar-refractivity contribution in [2.75, 3.05) is 111 Å². The predicted octanol–water partition coefficient (Wildman–Crippen LogP) is 19.1. The first-order valence-electron chi connectivity index (χ1n) is 37.3. The lowest BCUT2D eigenvalue weighted by molar-refractivity contribution is 0.264. The molecule has 1 unspecified atom stereocenters. The molecule has 0 aliphatic rings. The first kappa shape index (κ1) is 120.